The van der Waals surface area contributed by atoms with Crippen molar-refractivity contribution >= 4 is 20.7 Å². The molecule has 0 fully saturated rings. The Hall–Kier alpha value is -1.98. The minimum Gasteiger partial charge on any atom is -0.494 e. The molecule has 1 rings (SSSR count). The van der Waals surface area contributed by atoms with Gasteiger partial charge in [-0.25, -0.2) is 8.42 Å². The van der Waals surface area contributed by atoms with Crippen molar-refractivity contribution in [2.45, 2.75) is 44.4 Å². The van der Waals surface area contributed by atoms with Crippen molar-refractivity contribution in [3.05, 3.63) is 29.8 Å². The van der Waals surface area contributed by atoms with Crippen molar-refractivity contribution in [3.8, 4) is 5.75 Å². The van der Waals surface area contributed by atoms with Gasteiger partial charge in [-0.15, -0.1) is 4.79 Å². The number of ketones is 1. The summed E-state index contributed by atoms with van der Waals surface area (Å²) >= 11 is 0. The van der Waals surface area contributed by atoms with E-state index >= 15 is 0 Å². The van der Waals surface area contributed by atoms with Crippen LogP contribution >= 0.6 is 0 Å². The van der Waals surface area contributed by atoms with E-state index in [4.69, 9.17) is 10.3 Å². The van der Waals surface area contributed by atoms with Gasteiger partial charge in [0.15, 0.2) is 0 Å². The summed E-state index contributed by atoms with van der Waals surface area (Å²) in [5, 5.41) is -0.874. The number of benzene rings is 1. The molecule has 0 aliphatic heterocycles. The van der Waals surface area contributed by atoms with Gasteiger partial charge in [0, 0.05) is 6.92 Å². The van der Waals surface area contributed by atoms with E-state index < -0.39 is 20.7 Å². The number of carbonyl (C=O) groups is 1. The molecule has 0 heterocycles. The Morgan fingerprint density at radius 2 is 1.82 bits per heavy atom. The molecular weight excluding hydrogens is 304 g/mol. The average Bonchev–Trinajstić information content (AvgIpc) is 2.47. The van der Waals surface area contributed by atoms with E-state index in [9.17, 15) is 13.2 Å². The third-order valence-electron chi connectivity index (χ3n) is 3.05. The quantitative estimate of drug-likeness (QED) is 0.241. The fraction of sp³-hybridized carbons (Fsp3) is 0.467. The van der Waals surface area contributed by atoms with E-state index in [-0.39, 0.29) is 4.90 Å². The second kappa shape index (κ2) is 8.46. The van der Waals surface area contributed by atoms with Crippen LogP contribution in [0.2, 0.25) is 0 Å². The summed E-state index contributed by atoms with van der Waals surface area (Å²) < 4.78 is 29.7. The zero-order valence-corrected chi connectivity index (χ0v) is 13.6. The van der Waals surface area contributed by atoms with Crippen molar-refractivity contribution < 1.29 is 22.7 Å². The maximum Gasteiger partial charge on any atom is 0.451 e. The smallest absolute Gasteiger partial charge is 0.451 e. The first-order valence-electron chi connectivity index (χ1n) is 7.14. The molecule has 22 heavy (non-hydrogen) atoms. The number of Topliss-reactive ketones (excluding diaryl/α,β-unsaturated/α-hetero) is 1. The molecular formula is C15H20N2O4S. The summed E-state index contributed by atoms with van der Waals surface area (Å²) in [6.07, 6.45) is 4.35. The van der Waals surface area contributed by atoms with Crippen molar-refractivity contribution in [1.29, 1.82) is 0 Å². The molecule has 0 radical (unpaired) electrons. The van der Waals surface area contributed by atoms with Crippen LogP contribution in [0.3, 0.4) is 0 Å². The lowest BCUT2D eigenvalue weighted by Gasteiger charge is -2.06. The van der Waals surface area contributed by atoms with Gasteiger partial charge in [0.1, 0.15) is 5.75 Å². The van der Waals surface area contributed by atoms with E-state index in [1.54, 1.807) is 0 Å². The highest BCUT2D eigenvalue weighted by Crippen LogP contribution is 2.18. The highest BCUT2D eigenvalue weighted by Gasteiger charge is 2.34. The largest absolute Gasteiger partial charge is 0.494 e. The van der Waals surface area contributed by atoms with Crippen LogP contribution in [0.5, 0.6) is 5.75 Å². The van der Waals surface area contributed by atoms with Gasteiger partial charge in [0.25, 0.3) is 15.6 Å². The van der Waals surface area contributed by atoms with Crippen LogP contribution in [0.15, 0.2) is 29.2 Å². The third kappa shape index (κ3) is 4.79. The predicted molar refractivity (Wildman–Crippen MR) is 82.6 cm³/mol. The van der Waals surface area contributed by atoms with E-state index in [0.717, 1.165) is 32.6 Å². The van der Waals surface area contributed by atoms with E-state index in [1.165, 1.54) is 24.3 Å². The lowest BCUT2D eigenvalue weighted by atomic mass is 10.2. The van der Waals surface area contributed by atoms with E-state index in [2.05, 4.69) is 11.7 Å². The lowest BCUT2D eigenvalue weighted by molar-refractivity contribution is -0.114. The van der Waals surface area contributed by atoms with Gasteiger partial charge < -0.3 is 10.3 Å². The summed E-state index contributed by atoms with van der Waals surface area (Å²) in [6.45, 7) is 3.73. The summed E-state index contributed by atoms with van der Waals surface area (Å²) in [7, 11) is -4.10. The van der Waals surface area contributed by atoms with Gasteiger partial charge in [-0.2, -0.15) is 0 Å². The van der Waals surface area contributed by atoms with Gasteiger partial charge in [0.2, 0.25) is 0 Å². The molecule has 1 aromatic rings. The van der Waals surface area contributed by atoms with Crippen LogP contribution in [0, 0.1) is 0 Å². The van der Waals surface area contributed by atoms with Gasteiger partial charge in [-0.05, 0) is 30.7 Å². The molecule has 0 N–H and O–H groups in total. The molecule has 1 aromatic carbocycles. The van der Waals surface area contributed by atoms with Crippen molar-refractivity contribution in [2.75, 3.05) is 6.61 Å². The van der Waals surface area contributed by atoms with E-state index in [1.807, 2.05) is 0 Å². The number of hydrogen-bond donors (Lipinski definition) is 0. The van der Waals surface area contributed by atoms with Gasteiger partial charge in [-0.3, -0.25) is 4.79 Å². The maximum atomic E-state index is 12.1. The third-order valence-corrected chi connectivity index (χ3v) is 4.82. The Balaban J connectivity index is 2.76. The van der Waals surface area contributed by atoms with Crippen LogP contribution in [-0.4, -0.2) is 30.6 Å². The first kappa shape index (κ1) is 18.1. The molecule has 0 aromatic heterocycles. The van der Waals surface area contributed by atoms with Gasteiger partial charge >= 0.3 is 5.04 Å². The molecule has 0 amide bonds. The molecule has 6 nitrogen and oxygen atoms in total. The predicted octanol–water partition coefficient (Wildman–Crippen LogP) is 2.64. The first-order valence-corrected chi connectivity index (χ1v) is 8.62. The number of ether oxygens (including phenoxy) is 1. The molecule has 0 unspecified atom stereocenters. The minimum absolute atomic E-state index is 0.117. The highest BCUT2D eigenvalue weighted by atomic mass is 32.2. The SMILES string of the molecule is CCCCCCOc1ccc(S(=O)(=O)C(=[N+]=[N-])C(C)=O)cc1. The van der Waals surface area contributed by atoms with Crippen LogP contribution in [0.25, 0.3) is 5.53 Å². The van der Waals surface area contributed by atoms with Crippen LogP contribution in [0.1, 0.15) is 39.5 Å². The molecule has 120 valence electrons. The summed E-state index contributed by atoms with van der Waals surface area (Å²) in [5.41, 5.74) is 8.70. The first-order chi connectivity index (χ1) is 10.4. The standard InChI is InChI=1S/C15H20N2O4S/c1-3-4-5-6-11-21-13-7-9-14(10-8-13)22(19,20)15(17-16)12(2)18/h7-10H,3-6,11H2,1-2H3. The second-order valence-electron chi connectivity index (χ2n) is 4.85. The number of carbonyl (C=O) groups excluding carboxylic acids is 1. The molecule has 0 bridgehead atoms. The van der Waals surface area contributed by atoms with Crippen molar-refractivity contribution in [2.24, 2.45) is 0 Å². The van der Waals surface area contributed by atoms with Crippen LogP contribution < -0.4 is 4.74 Å². The normalized spacial score (nSPS) is 10.8. The molecule has 0 saturated heterocycles. The fourth-order valence-electron chi connectivity index (χ4n) is 1.86. The summed E-state index contributed by atoms with van der Waals surface area (Å²) in [4.78, 5) is 13.7. The second-order valence-corrected chi connectivity index (χ2v) is 6.71. The minimum atomic E-state index is -4.10. The number of hydrogen-bond acceptors (Lipinski definition) is 4. The molecule has 7 heteroatoms. The Kier molecular flexibility index (Phi) is 6.95. The Bertz CT molecular complexity index is 659. The Morgan fingerprint density at radius 3 is 2.32 bits per heavy atom. The average molecular weight is 324 g/mol. The maximum absolute atomic E-state index is 12.1. The number of unbranched alkanes of at least 4 members (excludes halogenated alkanes) is 3. The molecule has 0 spiro atoms. The monoisotopic (exact) mass is 324 g/mol. The summed E-state index contributed by atoms with van der Waals surface area (Å²) in [6, 6.07) is 5.68. The van der Waals surface area contributed by atoms with Crippen LogP contribution in [-0.2, 0) is 14.6 Å². The molecule has 0 aliphatic carbocycles. The van der Waals surface area contributed by atoms with E-state index in [0.29, 0.717) is 12.4 Å². The van der Waals surface area contributed by atoms with Crippen LogP contribution in [0.4, 0.5) is 0 Å². The molecule has 0 aliphatic rings. The zero-order chi connectivity index (χ0) is 16.6. The fourth-order valence-corrected chi connectivity index (χ4v) is 3.06. The topological polar surface area (TPSA) is 96.8 Å². The summed E-state index contributed by atoms with van der Waals surface area (Å²) in [5.74, 6) is -0.264. The lowest BCUT2D eigenvalue weighted by Crippen LogP contribution is -2.23. The number of nitrogens with zero attached hydrogens (tertiary/aromatic N) is 2. The molecule has 0 atom stereocenters. The van der Waals surface area contributed by atoms with Gasteiger partial charge in [-0.1, -0.05) is 26.2 Å². The van der Waals surface area contributed by atoms with Crippen molar-refractivity contribution in [1.82, 2.24) is 0 Å². The van der Waals surface area contributed by atoms with Gasteiger partial charge in [0.05, 0.1) is 11.5 Å². The Morgan fingerprint density at radius 1 is 1.18 bits per heavy atom. The molecule has 0 saturated carbocycles. The Labute approximate surface area is 130 Å². The number of rotatable bonds is 8. The van der Waals surface area contributed by atoms with Crippen molar-refractivity contribution in [3.63, 3.8) is 0 Å². The highest BCUT2D eigenvalue weighted by molar-refractivity contribution is 8.08. The zero-order valence-electron chi connectivity index (χ0n) is 12.8. The number of sulfone groups is 1.